The van der Waals surface area contributed by atoms with E-state index in [-0.39, 0.29) is 11.9 Å². The van der Waals surface area contributed by atoms with Crippen LogP contribution in [0.5, 0.6) is 0 Å². The maximum absolute atomic E-state index is 13.1. The lowest BCUT2D eigenvalue weighted by atomic mass is 9.95. The van der Waals surface area contributed by atoms with E-state index in [9.17, 15) is 4.79 Å². The van der Waals surface area contributed by atoms with Crippen LogP contribution in [0.4, 0.5) is 0 Å². The Bertz CT molecular complexity index is 734. The van der Waals surface area contributed by atoms with Crippen molar-refractivity contribution >= 4 is 5.91 Å². The van der Waals surface area contributed by atoms with E-state index in [1.165, 1.54) is 23.2 Å². The number of carbonyl (C=O) groups excluding carboxylic acids is 1. The van der Waals surface area contributed by atoms with Gasteiger partial charge in [-0.25, -0.2) is 0 Å². The average molecular weight is 309 g/mol. The van der Waals surface area contributed by atoms with Crippen LogP contribution < -0.4 is 0 Å². The van der Waals surface area contributed by atoms with Crippen molar-refractivity contribution in [2.75, 3.05) is 6.54 Å². The topological polar surface area (TPSA) is 49.0 Å². The third-order valence-electron chi connectivity index (χ3n) is 5.32. The fourth-order valence-corrected chi connectivity index (χ4v) is 4.09. The highest BCUT2D eigenvalue weighted by atomic mass is 16.2. The van der Waals surface area contributed by atoms with E-state index < -0.39 is 0 Å². The van der Waals surface area contributed by atoms with Crippen LogP contribution in [-0.4, -0.2) is 27.5 Å². The number of hydrogen-bond acceptors (Lipinski definition) is 2. The molecule has 1 aromatic heterocycles. The van der Waals surface area contributed by atoms with Crippen molar-refractivity contribution in [3.8, 4) is 0 Å². The second kappa shape index (κ2) is 5.84. The highest BCUT2D eigenvalue weighted by Crippen LogP contribution is 2.35. The molecule has 0 unspecified atom stereocenters. The second-order valence-electron chi connectivity index (χ2n) is 6.75. The van der Waals surface area contributed by atoms with Crippen LogP contribution in [0.15, 0.2) is 24.3 Å². The molecule has 2 aromatic rings. The van der Waals surface area contributed by atoms with Crippen molar-refractivity contribution < 1.29 is 4.79 Å². The van der Waals surface area contributed by atoms with Crippen LogP contribution in [0.25, 0.3) is 0 Å². The lowest BCUT2D eigenvalue weighted by Gasteiger charge is -2.26. The van der Waals surface area contributed by atoms with Gasteiger partial charge in [-0.2, -0.15) is 5.10 Å². The zero-order chi connectivity index (χ0) is 15.8. The number of fused-ring (bicyclic) bond motifs is 1. The maximum Gasteiger partial charge on any atom is 0.275 e. The van der Waals surface area contributed by atoms with E-state index >= 15 is 0 Å². The van der Waals surface area contributed by atoms with Crippen molar-refractivity contribution in [3.63, 3.8) is 0 Å². The second-order valence-corrected chi connectivity index (χ2v) is 6.75. The van der Waals surface area contributed by atoms with Gasteiger partial charge >= 0.3 is 0 Å². The van der Waals surface area contributed by atoms with E-state index in [0.29, 0.717) is 5.69 Å². The van der Waals surface area contributed by atoms with Gasteiger partial charge in [-0.15, -0.1) is 0 Å². The average Bonchev–Trinajstić information content (AvgIpc) is 3.22. The molecule has 2 heterocycles. The first-order chi connectivity index (χ1) is 11.3. The molecular formula is C19H23N3O. The number of aromatic nitrogens is 2. The summed E-state index contributed by atoms with van der Waals surface area (Å²) in [5, 5.41) is 7.48. The fraction of sp³-hybridized carbons (Fsp3) is 0.474. The molecule has 120 valence electrons. The van der Waals surface area contributed by atoms with Gasteiger partial charge in [0.1, 0.15) is 0 Å². The van der Waals surface area contributed by atoms with E-state index in [4.69, 9.17) is 0 Å². The molecule has 1 aromatic carbocycles. The SMILES string of the molecule is Cc1ccccc1[C@H]1CCCN1C(=O)c1n[nH]c2c1CCCC2. The van der Waals surface area contributed by atoms with Crippen molar-refractivity contribution in [2.24, 2.45) is 0 Å². The summed E-state index contributed by atoms with van der Waals surface area (Å²) in [6.45, 7) is 2.96. The summed E-state index contributed by atoms with van der Waals surface area (Å²) in [6, 6.07) is 8.61. The lowest BCUT2D eigenvalue weighted by Crippen LogP contribution is -2.32. The summed E-state index contributed by atoms with van der Waals surface area (Å²) in [6.07, 6.45) is 6.47. The molecule has 1 amide bonds. The first kappa shape index (κ1) is 14.5. The van der Waals surface area contributed by atoms with Gasteiger partial charge in [0, 0.05) is 17.8 Å². The Hall–Kier alpha value is -2.10. The standard InChI is InChI=1S/C19H23N3O/c1-13-7-2-3-8-14(13)17-11-6-12-22(17)19(23)18-15-9-4-5-10-16(15)20-21-18/h2-3,7-8,17H,4-6,9-12H2,1H3,(H,20,21)/t17-/m1/s1. The van der Waals surface area contributed by atoms with Crippen molar-refractivity contribution in [1.29, 1.82) is 0 Å². The first-order valence-electron chi connectivity index (χ1n) is 8.68. The normalized spacial score (nSPS) is 20.6. The molecule has 4 heteroatoms. The van der Waals surface area contributed by atoms with Gasteiger partial charge in [0.2, 0.25) is 0 Å². The summed E-state index contributed by atoms with van der Waals surface area (Å²) >= 11 is 0. The third-order valence-corrected chi connectivity index (χ3v) is 5.32. The van der Waals surface area contributed by atoms with Gasteiger partial charge in [-0.1, -0.05) is 24.3 Å². The number of benzene rings is 1. The summed E-state index contributed by atoms with van der Waals surface area (Å²) < 4.78 is 0. The zero-order valence-corrected chi connectivity index (χ0v) is 13.6. The minimum absolute atomic E-state index is 0.107. The molecule has 1 saturated heterocycles. The smallest absolute Gasteiger partial charge is 0.275 e. The molecule has 1 atom stereocenters. The van der Waals surface area contributed by atoms with E-state index in [0.717, 1.165) is 44.2 Å². The van der Waals surface area contributed by atoms with Crippen molar-refractivity contribution in [3.05, 3.63) is 52.3 Å². The number of amides is 1. The van der Waals surface area contributed by atoms with Crippen LogP contribution in [0.2, 0.25) is 0 Å². The molecule has 2 aliphatic rings. The molecule has 4 nitrogen and oxygen atoms in total. The number of carbonyl (C=O) groups is 1. The van der Waals surface area contributed by atoms with E-state index in [1.807, 2.05) is 4.90 Å². The van der Waals surface area contributed by atoms with E-state index in [1.54, 1.807) is 0 Å². The molecule has 0 spiro atoms. The van der Waals surface area contributed by atoms with Gasteiger partial charge < -0.3 is 4.90 Å². The van der Waals surface area contributed by atoms with Crippen LogP contribution in [0, 0.1) is 6.92 Å². The Labute approximate surface area is 136 Å². The molecule has 23 heavy (non-hydrogen) atoms. The molecule has 1 fully saturated rings. The first-order valence-corrected chi connectivity index (χ1v) is 8.68. The van der Waals surface area contributed by atoms with Gasteiger partial charge in [0.15, 0.2) is 5.69 Å². The van der Waals surface area contributed by atoms with Gasteiger partial charge in [-0.05, 0) is 56.6 Å². The summed E-state index contributed by atoms with van der Waals surface area (Å²) in [5.74, 6) is 0.107. The number of rotatable bonds is 2. The summed E-state index contributed by atoms with van der Waals surface area (Å²) in [7, 11) is 0. The number of hydrogen-bond donors (Lipinski definition) is 1. The number of aromatic amines is 1. The van der Waals surface area contributed by atoms with Crippen molar-refractivity contribution in [1.82, 2.24) is 15.1 Å². The molecule has 1 aliphatic heterocycles. The lowest BCUT2D eigenvalue weighted by molar-refractivity contribution is 0.0728. The number of nitrogens with zero attached hydrogens (tertiary/aromatic N) is 2. The molecule has 1 N–H and O–H groups in total. The molecule has 0 saturated carbocycles. The fourth-order valence-electron chi connectivity index (χ4n) is 4.09. The quantitative estimate of drug-likeness (QED) is 0.922. The monoisotopic (exact) mass is 309 g/mol. The minimum atomic E-state index is 0.107. The van der Waals surface area contributed by atoms with Crippen LogP contribution in [0.3, 0.4) is 0 Å². The minimum Gasteiger partial charge on any atom is -0.330 e. The number of nitrogens with one attached hydrogen (secondary N) is 1. The maximum atomic E-state index is 13.1. The van der Waals surface area contributed by atoms with Gasteiger partial charge in [0.05, 0.1) is 6.04 Å². The van der Waals surface area contributed by atoms with Gasteiger partial charge in [-0.3, -0.25) is 9.89 Å². The van der Waals surface area contributed by atoms with Crippen LogP contribution in [-0.2, 0) is 12.8 Å². The van der Waals surface area contributed by atoms with Gasteiger partial charge in [0.25, 0.3) is 5.91 Å². The Morgan fingerprint density at radius 3 is 2.91 bits per heavy atom. The molecule has 0 bridgehead atoms. The number of aryl methyl sites for hydroxylation is 2. The third kappa shape index (κ3) is 2.46. The largest absolute Gasteiger partial charge is 0.330 e. The predicted octanol–water partition coefficient (Wildman–Crippen LogP) is 3.57. The molecule has 1 aliphatic carbocycles. The van der Waals surface area contributed by atoms with Crippen LogP contribution >= 0.6 is 0 Å². The number of H-pyrrole nitrogens is 1. The summed E-state index contributed by atoms with van der Waals surface area (Å²) in [5.41, 5.74) is 5.55. The van der Waals surface area contributed by atoms with Crippen molar-refractivity contribution in [2.45, 2.75) is 51.5 Å². The van der Waals surface area contributed by atoms with E-state index in [2.05, 4.69) is 41.4 Å². The predicted molar refractivity (Wildman–Crippen MR) is 89.4 cm³/mol. The molecule has 0 radical (unpaired) electrons. The van der Waals surface area contributed by atoms with Crippen LogP contribution in [0.1, 0.15) is 64.6 Å². The highest BCUT2D eigenvalue weighted by molar-refractivity contribution is 5.94. The highest BCUT2D eigenvalue weighted by Gasteiger charge is 2.34. The summed E-state index contributed by atoms with van der Waals surface area (Å²) in [4.78, 5) is 15.2. The Kier molecular flexibility index (Phi) is 3.68. The Balaban J connectivity index is 1.65. The Morgan fingerprint density at radius 2 is 2.04 bits per heavy atom. The molecular weight excluding hydrogens is 286 g/mol. The Morgan fingerprint density at radius 1 is 1.22 bits per heavy atom. The zero-order valence-electron chi connectivity index (χ0n) is 13.6. The molecule has 4 rings (SSSR count). The number of likely N-dealkylation sites (tertiary alicyclic amines) is 1.